The van der Waals surface area contributed by atoms with Crippen LogP contribution in [0.15, 0.2) is 66.7 Å². The number of H-pyrrole nitrogens is 1. The van der Waals surface area contributed by atoms with Crippen LogP contribution >= 0.6 is 0 Å². The van der Waals surface area contributed by atoms with Gasteiger partial charge in [-0.1, -0.05) is 18.2 Å². The largest absolute Gasteiger partial charge is 0.493 e. The third-order valence-corrected chi connectivity index (χ3v) is 11.2. The lowest BCUT2D eigenvalue weighted by Gasteiger charge is -2.39. The van der Waals surface area contributed by atoms with Crippen molar-refractivity contribution < 1.29 is 52.2 Å². The number of esters is 1. The van der Waals surface area contributed by atoms with Crippen LogP contribution in [0.1, 0.15) is 39.1 Å². The van der Waals surface area contributed by atoms with Crippen molar-refractivity contribution in [2.75, 3.05) is 56.1 Å². The summed E-state index contributed by atoms with van der Waals surface area (Å²) in [6.07, 6.45) is 0. The molecule has 1 amide bonds. The molecule has 0 spiro atoms. The number of fused-ring (bicyclic) bond motifs is 6. The predicted octanol–water partition coefficient (Wildman–Crippen LogP) is 6.57. The highest BCUT2D eigenvalue weighted by molar-refractivity contribution is 6.13. The van der Waals surface area contributed by atoms with E-state index in [4.69, 9.17) is 47.6 Å². The first-order valence-corrected chi connectivity index (χ1v) is 18.2. The van der Waals surface area contributed by atoms with E-state index in [1.54, 1.807) is 46.6 Å². The Morgan fingerprint density at radius 2 is 1.35 bits per heavy atom. The number of methoxy groups -OCH3 is 6. The summed E-state index contributed by atoms with van der Waals surface area (Å²) in [6, 6.07) is 20.0. The summed E-state index contributed by atoms with van der Waals surface area (Å²) in [5, 5.41) is 4.98. The van der Waals surface area contributed by atoms with Crippen molar-refractivity contribution in [3.63, 3.8) is 0 Å². The maximum Gasteiger partial charge on any atom is 0.310 e. The summed E-state index contributed by atoms with van der Waals surface area (Å²) < 4.78 is 51.5. The number of aromatic nitrogens is 2. The maximum atomic E-state index is 14.8. The van der Waals surface area contributed by atoms with Crippen molar-refractivity contribution in [1.29, 1.82) is 0 Å². The van der Waals surface area contributed by atoms with Crippen molar-refractivity contribution in [2.45, 2.75) is 12.0 Å². The van der Waals surface area contributed by atoms with Gasteiger partial charge in [0.1, 0.15) is 5.69 Å². The number of hydrogen-bond acceptors (Lipinski definition) is 12. The molecular formula is C43H39N3O11. The zero-order chi connectivity index (χ0) is 39.5. The summed E-state index contributed by atoms with van der Waals surface area (Å²) in [4.78, 5) is 37.1. The number of cyclic esters (lactones) is 1. The average molecular weight is 774 g/mol. The molecule has 0 unspecified atom stereocenters. The fourth-order valence-electron chi connectivity index (χ4n) is 8.63. The number of aromatic amines is 1. The minimum atomic E-state index is -0.690. The van der Waals surface area contributed by atoms with E-state index in [0.29, 0.717) is 57.3 Å². The number of benzene rings is 4. The number of carbonyl (C=O) groups is 2. The van der Waals surface area contributed by atoms with Crippen LogP contribution in [0.3, 0.4) is 0 Å². The number of para-hydroxylation sites is 1. The van der Waals surface area contributed by atoms with Gasteiger partial charge >= 0.3 is 5.97 Å². The lowest BCUT2D eigenvalue weighted by Crippen LogP contribution is -2.43. The summed E-state index contributed by atoms with van der Waals surface area (Å²) in [6.45, 7) is 0.117. The van der Waals surface area contributed by atoms with Gasteiger partial charge in [-0.15, -0.1) is 0 Å². The van der Waals surface area contributed by atoms with Crippen molar-refractivity contribution in [3.05, 3.63) is 89.1 Å². The Kier molecular flexibility index (Phi) is 8.82. The fraction of sp³-hybridized carbons (Fsp3) is 0.279. The molecule has 0 saturated carbocycles. The van der Waals surface area contributed by atoms with E-state index in [9.17, 15) is 9.59 Å². The lowest BCUT2D eigenvalue weighted by molar-refractivity contribution is -0.141. The molecule has 4 aromatic carbocycles. The molecule has 9 rings (SSSR count). The second-order valence-electron chi connectivity index (χ2n) is 13.9. The Hall–Kier alpha value is -6.83. The van der Waals surface area contributed by atoms with E-state index in [-0.39, 0.29) is 25.1 Å². The summed E-state index contributed by atoms with van der Waals surface area (Å²) >= 11 is 0. The van der Waals surface area contributed by atoms with E-state index in [1.165, 1.54) is 14.2 Å². The molecule has 1 aliphatic carbocycles. The van der Waals surface area contributed by atoms with Gasteiger partial charge in [-0.2, -0.15) is 0 Å². The standard InChI is InChI=1S/C43H39N3O11/c1-49-31-11-20(12-32(50-2)40(31)53-5)35-23-16-29-30(57-19-56-29)17-25(23)38(26-18-55-43(48)36(26)35)46-42(47)28-15-24-22-9-7-8-10-27(22)44-39(24)37(45-28)21-13-33(51-3)41(54-6)34(14-21)52-4/h7-17,26,35-36,38,44H,18-19H2,1-6H3,(H,46,47)/t26-,35+,36-,38+/m0/s1. The molecule has 1 fully saturated rings. The van der Waals surface area contributed by atoms with Crippen LogP contribution in [-0.4, -0.2) is 77.9 Å². The van der Waals surface area contributed by atoms with Gasteiger partial charge < -0.3 is 52.9 Å². The second kappa shape index (κ2) is 14.0. The van der Waals surface area contributed by atoms with Crippen molar-refractivity contribution >= 4 is 33.7 Å². The number of nitrogens with zero attached hydrogens (tertiary/aromatic N) is 1. The molecule has 4 atom stereocenters. The van der Waals surface area contributed by atoms with Crippen LogP contribution in [0.5, 0.6) is 46.0 Å². The third-order valence-electron chi connectivity index (χ3n) is 11.2. The fourth-order valence-corrected chi connectivity index (χ4v) is 8.63. The van der Waals surface area contributed by atoms with Crippen molar-refractivity contribution in [2.24, 2.45) is 11.8 Å². The Balaban J connectivity index is 1.19. The van der Waals surface area contributed by atoms with Gasteiger partial charge in [0.2, 0.25) is 18.3 Å². The molecule has 14 heteroatoms. The smallest absolute Gasteiger partial charge is 0.310 e. The Morgan fingerprint density at radius 1 is 0.737 bits per heavy atom. The van der Waals surface area contributed by atoms with Gasteiger partial charge in [0.25, 0.3) is 5.91 Å². The lowest BCUT2D eigenvalue weighted by atomic mass is 9.65. The summed E-state index contributed by atoms with van der Waals surface area (Å²) in [7, 11) is 9.25. The Morgan fingerprint density at radius 3 is 1.98 bits per heavy atom. The van der Waals surface area contributed by atoms with E-state index in [1.807, 2.05) is 48.5 Å². The van der Waals surface area contributed by atoms with Gasteiger partial charge in [0, 0.05) is 33.7 Å². The number of amides is 1. The van der Waals surface area contributed by atoms with Gasteiger partial charge in [0.15, 0.2) is 34.5 Å². The number of nitrogens with one attached hydrogen (secondary N) is 2. The average Bonchev–Trinajstić information content (AvgIpc) is 3.98. The van der Waals surface area contributed by atoms with Crippen molar-refractivity contribution in [1.82, 2.24) is 15.3 Å². The first kappa shape index (κ1) is 35.8. The predicted molar refractivity (Wildman–Crippen MR) is 207 cm³/mol. The monoisotopic (exact) mass is 773 g/mol. The first-order valence-electron chi connectivity index (χ1n) is 18.2. The van der Waals surface area contributed by atoms with Gasteiger partial charge in [-0.25, -0.2) is 4.98 Å². The summed E-state index contributed by atoms with van der Waals surface area (Å²) in [5.74, 6) is 1.14. The molecule has 3 aliphatic rings. The molecule has 0 bridgehead atoms. The molecule has 14 nitrogen and oxygen atoms in total. The molecule has 2 aromatic heterocycles. The minimum absolute atomic E-state index is 0.0390. The number of hydrogen-bond donors (Lipinski definition) is 2. The number of carbonyl (C=O) groups excluding carboxylic acids is 2. The molecule has 0 radical (unpaired) electrons. The Bertz CT molecular complexity index is 2550. The highest BCUT2D eigenvalue weighted by atomic mass is 16.7. The highest BCUT2D eigenvalue weighted by Crippen LogP contribution is 2.56. The van der Waals surface area contributed by atoms with E-state index >= 15 is 0 Å². The zero-order valence-corrected chi connectivity index (χ0v) is 32.0. The molecule has 1 saturated heterocycles. The normalized spacial score (nSPS) is 19.1. The highest BCUT2D eigenvalue weighted by Gasteiger charge is 2.53. The van der Waals surface area contributed by atoms with Crippen LogP contribution in [-0.2, 0) is 9.53 Å². The third kappa shape index (κ3) is 5.65. The zero-order valence-electron chi connectivity index (χ0n) is 32.0. The summed E-state index contributed by atoms with van der Waals surface area (Å²) in [5.41, 5.74) is 5.15. The van der Waals surface area contributed by atoms with Crippen LogP contribution in [0.4, 0.5) is 0 Å². The van der Waals surface area contributed by atoms with Crippen molar-refractivity contribution in [3.8, 4) is 57.3 Å². The second-order valence-corrected chi connectivity index (χ2v) is 13.9. The molecule has 57 heavy (non-hydrogen) atoms. The van der Waals surface area contributed by atoms with E-state index in [2.05, 4.69) is 10.3 Å². The minimum Gasteiger partial charge on any atom is -0.493 e. The maximum absolute atomic E-state index is 14.8. The number of ether oxygens (including phenoxy) is 9. The van der Waals surface area contributed by atoms with Gasteiger partial charge in [-0.05, 0) is 65.2 Å². The van der Waals surface area contributed by atoms with Gasteiger partial charge in [-0.3, -0.25) is 9.59 Å². The van der Waals surface area contributed by atoms with E-state index < -0.39 is 29.7 Å². The van der Waals surface area contributed by atoms with Crippen LogP contribution in [0.2, 0.25) is 0 Å². The SMILES string of the molecule is COc1cc(-c2nc(C(=O)N[C@@H]3c4cc5c(cc4[C@@H](c4cc(OC)c(OC)c(OC)c4)[C@H]4C(=O)OC[C@@H]43)OCO5)cc3c2[nH]c2ccccc23)cc(OC)c1OC. The molecular weight excluding hydrogens is 734 g/mol. The molecule has 4 heterocycles. The molecule has 6 aromatic rings. The van der Waals surface area contributed by atoms with Crippen LogP contribution < -0.4 is 43.2 Å². The number of pyridine rings is 1. The topological polar surface area (TPSA) is 158 Å². The van der Waals surface area contributed by atoms with E-state index in [0.717, 1.165) is 38.5 Å². The Labute approximate surface area is 326 Å². The van der Waals surface area contributed by atoms with Crippen LogP contribution in [0.25, 0.3) is 33.1 Å². The molecule has 292 valence electrons. The molecule has 2 N–H and O–H groups in total. The quantitative estimate of drug-likeness (QED) is 0.145. The van der Waals surface area contributed by atoms with Gasteiger partial charge in [0.05, 0.1) is 72.4 Å². The first-order chi connectivity index (χ1) is 27.8. The number of rotatable bonds is 10. The van der Waals surface area contributed by atoms with Crippen LogP contribution in [0, 0.1) is 11.8 Å². The molecule has 2 aliphatic heterocycles.